The van der Waals surface area contributed by atoms with Crippen molar-refractivity contribution >= 4 is 0 Å². The van der Waals surface area contributed by atoms with E-state index in [-0.39, 0.29) is 5.82 Å². The van der Waals surface area contributed by atoms with Crippen LogP contribution in [0.5, 0.6) is 0 Å². The Morgan fingerprint density at radius 3 is 3.06 bits per heavy atom. The third-order valence-electron chi connectivity index (χ3n) is 3.12. The summed E-state index contributed by atoms with van der Waals surface area (Å²) in [5.74, 6) is -0.0475. The Bertz CT molecular complexity index is 365. The van der Waals surface area contributed by atoms with Crippen LogP contribution >= 0.6 is 0 Å². The number of nitrogens with one attached hydrogen (secondary N) is 1. The number of nitrogens with zero attached hydrogens (tertiary/aromatic N) is 1. The summed E-state index contributed by atoms with van der Waals surface area (Å²) in [6.07, 6.45) is 0. The van der Waals surface area contributed by atoms with E-state index >= 15 is 0 Å². The standard InChI is InChI=1S/C13H19FN2/c1-10-4-3-5-12(13(10)14)9-16-7-6-15-11(2)8-16/h3-5,11,15H,6-9H2,1-2H3. The number of halogens is 1. The largest absolute Gasteiger partial charge is 0.312 e. The predicted molar refractivity (Wildman–Crippen MR) is 63.9 cm³/mol. The average Bonchev–Trinajstić information content (AvgIpc) is 2.25. The molecule has 1 aromatic carbocycles. The molecular weight excluding hydrogens is 203 g/mol. The Morgan fingerprint density at radius 2 is 2.31 bits per heavy atom. The molecule has 0 bridgehead atoms. The van der Waals surface area contributed by atoms with Gasteiger partial charge < -0.3 is 5.32 Å². The van der Waals surface area contributed by atoms with E-state index in [9.17, 15) is 4.39 Å². The minimum absolute atomic E-state index is 0.0475. The topological polar surface area (TPSA) is 15.3 Å². The molecule has 0 amide bonds. The first-order chi connectivity index (χ1) is 7.66. The van der Waals surface area contributed by atoms with Crippen LogP contribution in [0.3, 0.4) is 0 Å². The Kier molecular flexibility index (Phi) is 3.56. The average molecular weight is 222 g/mol. The molecule has 0 aliphatic carbocycles. The van der Waals surface area contributed by atoms with Crippen molar-refractivity contribution in [2.75, 3.05) is 19.6 Å². The quantitative estimate of drug-likeness (QED) is 0.822. The van der Waals surface area contributed by atoms with E-state index in [2.05, 4.69) is 17.1 Å². The second-order valence-corrected chi connectivity index (χ2v) is 4.64. The summed E-state index contributed by atoms with van der Waals surface area (Å²) in [7, 11) is 0. The van der Waals surface area contributed by atoms with Gasteiger partial charge in [-0.3, -0.25) is 4.90 Å². The maximum atomic E-state index is 13.8. The fourth-order valence-corrected chi connectivity index (χ4v) is 2.23. The number of rotatable bonds is 2. The fraction of sp³-hybridized carbons (Fsp3) is 0.538. The lowest BCUT2D eigenvalue weighted by Gasteiger charge is -2.31. The first-order valence-electron chi connectivity index (χ1n) is 5.86. The minimum Gasteiger partial charge on any atom is -0.312 e. The molecule has 88 valence electrons. The van der Waals surface area contributed by atoms with Gasteiger partial charge in [0.05, 0.1) is 0 Å². The van der Waals surface area contributed by atoms with Crippen molar-refractivity contribution in [2.24, 2.45) is 0 Å². The summed E-state index contributed by atoms with van der Waals surface area (Å²) in [6.45, 7) is 7.69. The summed E-state index contributed by atoms with van der Waals surface area (Å²) in [6, 6.07) is 6.13. The van der Waals surface area contributed by atoms with Gasteiger partial charge >= 0.3 is 0 Å². The predicted octanol–water partition coefficient (Wildman–Crippen LogP) is 1.93. The van der Waals surface area contributed by atoms with E-state index < -0.39 is 0 Å². The van der Waals surface area contributed by atoms with E-state index in [1.807, 2.05) is 25.1 Å². The van der Waals surface area contributed by atoms with Gasteiger partial charge in [0.25, 0.3) is 0 Å². The number of hydrogen-bond donors (Lipinski definition) is 1. The van der Waals surface area contributed by atoms with Gasteiger partial charge in [0.1, 0.15) is 5.82 Å². The van der Waals surface area contributed by atoms with E-state index in [0.717, 1.165) is 37.3 Å². The van der Waals surface area contributed by atoms with Crippen LogP contribution < -0.4 is 5.32 Å². The summed E-state index contributed by atoms with van der Waals surface area (Å²) in [5, 5.41) is 3.39. The molecule has 1 aliphatic heterocycles. The van der Waals surface area contributed by atoms with Gasteiger partial charge in [-0.05, 0) is 19.4 Å². The maximum absolute atomic E-state index is 13.8. The highest BCUT2D eigenvalue weighted by Crippen LogP contribution is 2.14. The Labute approximate surface area is 96.5 Å². The van der Waals surface area contributed by atoms with E-state index in [0.29, 0.717) is 6.04 Å². The van der Waals surface area contributed by atoms with Crippen LogP contribution in [0, 0.1) is 12.7 Å². The summed E-state index contributed by atoms with van der Waals surface area (Å²) in [4.78, 5) is 2.30. The van der Waals surface area contributed by atoms with Crippen LogP contribution in [0.15, 0.2) is 18.2 Å². The smallest absolute Gasteiger partial charge is 0.130 e. The molecule has 1 fully saturated rings. The Hall–Kier alpha value is -0.930. The second kappa shape index (κ2) is 4.93. The van der Waals surface area contributed by atoms with Gasteiger partial charge in [-0.15, -0.1) is 0 Å². The number of piperazine rings is 1. The molecule has 1 heterocycles. The van der Waals surface area contributed by atoms with E-state index in [1.165, 1.54) is 0 Å². The first kappa shape index (κ1) is 11.6. The zero-order chi connectivity index (χ0) is 11.5. The molecule has 0 spiro atoms. The van der Waals surface area contributed by atoms with Gasteiger partial charge in [0, 0.05) is 37.8 Å². The van der Waals surface area contributed by atoms with E-state index in [1.54, 1.807) is 0 Å². The summed E-state index contributed by atoms with van der Waals surface area (Å²) < 4.78 is 13.8. The van der Waals surface area contributed by atoms with Crippen LogP contribution in [0.4, 0.5) is 4.39 Å². The van der Waals surface area contributed by atoms with Crippen LogP contribution in [0.2, 0.25) is 0 Å². The molecule has 0 aromatic heterocycles. The molecule has 1 aromatic rings. The van der Waals surface area contributed by atoms with E-state index in [4.69, 9.17) is 0 Å². The molecule has 1 unspecified atom stereocenters. The first-order valence-corrected chi connectivity index (χ1v) is 5.86. The van der Waals surface area contributed by atoms with Crippen molar-refractivity contribution in [3.05, 3.63) is 35.1 Å². The van der Waals surface area contributed by atoms with Crippen molar-refractivity contribution in [3.8, 4) is 0 Å². The van der Waals surface area contributed by atoms with Crippen molar-refractivity contribution in [1.29, 1.82) is 0 Å². The lowest BCUT2D eigenvalue weighted by molar-refractivity contribution is 0.197. The Morgan fingerprint density at radius 1 is 1.50 bits per heavy atom. The third-order valence-corrected chi connectivity index (χ3v) is 3.12. The minimum atomic E-state index is -0.0475. The molecular formula is C13H19FN2. The summed E-state index contributed by atoms with van der Waals surface area (Å²) >= 11 is 0. The lowest BCUT2D eigenvalue weighted by Crippen LogP contribution is -2.48. The molecule has 1 N–H and O–H groups in total. The molecule has 1 atom stereocenters. The molecule has 2 nitrogen and oxygen atoms in total. The highest BCUT2D eigenvalue weighted by molar-refractivity contribution is 5.24. The SMILES string of the molecule is Cc1cccc(CN2CCNC(C)C2)c1F. The van der Waals surface area contributed by atoms with Gasteiger partial charge in [-0.2, -0.15) is 0 Å². The number of aryl methyl sites for hydroxylation is 1. The molecule has 1 saturated heterocycles. The van der Waals surface area contributed by atoms with Crippen LogP contribution in [-0.4, -0.2) is 30.6 Å². The van der Waals surface area contributed by atoms with Gasteiger partial charge in [0.2, 0.25) is 0 Å². The number of benzene rings is 1. The van der Waals surface area contributed by atoms with Crippen LogP contribution in [-0.2, 0) is 6.54 Å². The zero-order valence-corrected chi connectivity index (χ0v) is 9.96. The van der Waals surface area contributed by atoms with Crippen LogP contribution in [0.1, 0.15) is 18.1 Å². The van der Waals surface area contributed by atoms with Crippen molar-refractivity contribution in [2.45, 2.75) is 26.4 Å². The van der Waals surface area contributed by atoms with Crippen molar-refractivity contribution < 1.29 is 4.39 Å². The maximum Gasteiger partial charge on any atom is 0.130 e. The van der Waals surface area contributed by atoms with Crippen LogP contribution in [0.25, 0.3) is 0 Å². The lowest BCUT2D eigenvalue weighted by atomic mass is 10.1. The Balaban J connectivity index is 2.05. The van der Waals surface area contributed by atoms with Gasteiger partial charge in [-0.1, -0.05) is 18.2 Å². The molecule has 2 rings (SSSR count). The zero-order valence-electron chi connectivity index (χ0n) is 9.96. The fourth-order valence-electron chi connectivity index (χ4n) is 2.23. The molecule has 16 heavy (non-hydrogen) atoms. The molecule has 0 saturated carbocycles. The highest BCUT2D eigenvalue weighted by Gasteiger charge is 2.17. The van der Waals surface area contributed by atoms with Crippen molar-refractivity contribution in [1.82, 2.24) is 10.2 Å². The molecule has 1 aliphatic rings. The number of hydrogen-bond acceptors (Lipinski definition) is 2. The molecule has 0 radical (unpaired) electrons. The summed E-state index contributed by atoms with van der Waals surface area (Å²) in [5.41, 5.74) is 1.55. The van der Waals surface area contributed by atoms with Gasteiger partial charge in [0.15, 0.2) is 0 Å². The molecule has 3 heteroatoms. The monoisotopic (exact) mass is 222 g/mol. The highest BCUT2D eigenvalue weighted by atomic mass is 19.1. The second-order valence-electron chi connectivity index (χ2n) is 4.64. The third kappa shape index (κ3) is 2.60. The normalized spacial score (nSPS) is 22.3. The van der Waals surface area contributed by atoms with Crippen molar-refractivity contribution in [3.63, 3.8) is 0 Å². The van der Waals surface area contributed by atoms with Gasteiger partial charge in [-0.25, -0.2) is 4.39 Å².